The van der Waals surface area contributed by atoms with Crippen molar-refractivity contribution in [2.24, 2.45) is 11.8 Å². The van der Waals surface area contributed by atoms with Crippen molar-refractivity contribution in [3.8, 4) is 0 Å². The number of hydrogen-bond donors (Lipinski definition) is 2. The molecule has 0 amide bonds. The highest BCUT2D eigenvalue weighted by Gasteiger charge is 2.43. The minimum absolute atomic E-state index is 0.0830. The molecule has 0 spiro atoms. The number of nitrogens with one attached hydrogen (secondary N) is 1. The Hall–Kier alpha value is -0.780. The number of halogens is 1. The van der Waals surface area contributed by atoms with Crippen molar-refractivity contribution in [3.63, 3.8) is 0 Å². The van der Waals surface area contributed by atoms with E-state index in [1.54, 1.807) is 13.0 Å². The minimum atomic E-state index is -3.56. The van der Waals surface area contributed by atoms with Gasteiger partial charge in [0, 0.05) is 16.8 Å². The average molecular weight is 315 g/mol. The molecule has 0 aromatic heterocycles. The van der Waals surface area contributed by atoms with Gasteiger partial charge in [-0.3, -0.25) is 0 Å². The van der Waals surface area contributed by atoms with Gasteiger partial charge in [-0.05, 0) is 62.1 Å². The van der Waals surface area contributed by atoms with E-state index >= 15 is 0 Å². The minimum Gasteiger partial charge on any atom is -0.398 e. The molecule has 3 N–H and O–H groups in total. The van der Waals surface area contributed by atoms with Gasteiger partial charge in [-0.2, -0.15) is 0 Å². The average Bonchev–Trinajstić information content (AvgIpc) is 3.24. The first-order valence-electron chi connectivity index (χ1n) is 6.96. The maximum absolute atomic E-state index is 12.6. The molecule has 4 nitrogen and oxygen atoms in total. The van der Waals surface area contributed by atoms with Crippen LogP contribution in [-0.4, -0.2) is 14.5 Å². The largest absolute Gasteiger partial charge is 0.398 e. The summed E-state index contributed by atoms with van der Waals surface area (Å²) in [6.07, 6.45) is 4.50. The maximum atomic E-state index is 12.6. The van der Waals surface area contributed by atoms with Crippen molar-refractivity contribution < 1.29 is 8.42 Å². The molecule has 0 radical (unpaired) electrons. The van der Waals surface area contributed by atoms with E-state index in [4.69, 9.17) is 17.3 Å². The lowest BCUT2D eigenvalue weighted by atomic mass is 10.1. The maximum Gasteiger partial charge on any atom is 0.241 e. The lowest BCUT2D eigenvalue weighted by molar-refractivity contribution is 0.471. The van der Waals surface area contributed by atoms with Crippen LogP contribution in [0.1, 0.15) is 31.2 Å². The third-order valence-corrected chi connectivity index (χ3v) is 6.01. The number of anilines is 1. The fourth-order valence-electron chi connectivity index (χ4n) is 2.68. The van der Waals surface area contributed by atoms with E-state index < -0.39 is 10.0 Å². The van der Waals surface area contributed by atoms with E-state index in [1.807, 2.05) is 0 Å². The molecule has 0 unspecified atom stereocenters. The normalized spacial score (nSPS) is 19.6. The molecule has 1 aromatic rings. The summed E-state index contributed by atoms with van der Waals surface area (Å²) in [6, 6.07) is 3.14. The summed E-state index contributed by atoms with van der Waals surface area (Å²) in [6.45, 7) is 1.71. The van der Waals surface area contributed by atoms with Gasteiger partial charge in [0.25, 0.3) is 0 Å². The zero-order chi connectivity index (χ0) is 14.5. The van der Waals surface area contributed by atoms with Crippen LogP contribution in [0.25, 0.3) is 0 Å². The summed E-state index contributed by atoms with van der Waals surface area (Å²) in [5.74, 6) is 1.02. The number of nitrogens with two attached hydrogens (primary N) is 1. The van der Waals surface area contributed by atoms with Gasteiger partial charge < -0.3 is 5.73 Å². The first kappa shape index (κ1) is 14.2. The van der Waals surface area contributed by atoms with E-state index in [-0.39, 0.29) is 10.9 Å². The van der Waals surface area contributed by atoms with Crippen LogP contribution in [0.5, 0.6) is 0 Å². The topological polar surface area (TPSA) is 72.2 Å². The molecule has 1 aromatic carbocycles. The van der Waals surface area contributed by atoms with Gasteiger partial charge in [-0.1, -0.05) is 11.6 Å². The molecule has 2 aliphatic carbocycles. The fraction of sp³-hybridized carbons (Fsp3) is 0.571. The molecule has 2 fully saturated rings. The second kappa shape index (κ2) is 4.90. The van der Waals surface area contributed by atoms with Gasteiger partial charge in [-0.15, -0.1) is 0 Å². The molecule has 20 heavy (non-hydrogen) atoms. The molecule has 3 rings (SSSR count). The van der Waals surface area contributed by atoms with Crippen LogP contribution < -0.4 is 10.5 Å². The van der Waals surface area contributed by atoms with Crippen LogP contribution in [0, 0.1) is 18.8 Å². The summed E-state index contributed by atoms with van der Waals surface area (Å²) >= 11 is 5.94. The number of nitrogen functional groups attached to an aromatic ring is 1. The van der Waals surface area contributed by atoms with Crippen LogP contribution in [0.2, 0.25) is 5.02 Å². The lowest BCUT2D eigenvalue weighted by Crippen LogP contribution is -2.38. The highest BCUT2D eigenvalue weighted by atomic mass is 35.5. The summed E-state index contributed by atoms with van der Waals surface area (Å²) < 4.78 is 28.1. The Morgan fingerprint density at radius 2 is 1.80 bits per heavy atom. The molecule has 6 heteroatoms. The van der Waals surface area contributed by atoms with Gasteiger partial charge in [0.05, 0.1) is 4.90 Å². The highest BCUT2D eigenvalue weighted by molar-refractivity contribution is 7.89. The molecular weight excluding hydrogens is 296 g/mol. The van der Waals surface area contributed by atoms with Crippen molar-refractivity contribution in [2.75, 3.05) is 5.73 Å². The monoisotopic (exact) mass is 314 g/mol. The summed E-state index contributed by atoms with van der Waals surface area (Å²) in [5.41, 5.74) is 6.79. The van der Waals surface area contributed by atoms with Gasteiger partial charge in [0.2, 0.25) is 10.0 Å². The van der Waals surface area contributed by atoms with Gasteiger partial charge in [0.1, 0.15) is 0 Å². The Bertz CT molecular complexity index is 625. The summed E-state index contributed by atoms with van der Waals surface area (Å²) in [7, 11) is -3.56. The first-order chi connectivity index (χ1) is 9.38. The standard InChI is InChI=1S/C14H19ClN2O2S/c1-8-12(16)6-11(15)7-13(8)20(18,19)17-14(9-2-3-9)10-4-5-10/h6-7,9-10,14,17H,2-5,16H2,1H3. The third-order valence-electron chi connectivity index (χ3n) is 4.21. The zero-order valence-corrected chi connectivity index (χ0v) is 13.0. The van der Waals surface area contributed by atoms with Gasteiger partial charge >= 0.3 is 0 Å². The van der Waals surface area contributed by atoms with E-state index in [2.05, 4.69) is 4.72 Å². The van der Waals surface area contributed by atoms with E-state index in [0.717, 1.165) is 25.7 Å². The smallest absolute Gasteiger partial charge is 0.241 e. The molecule has 0 heterocycles. The number of benzene rings is 1. The van der Waals surface area contributed by atoms with Crippen LogP contribution in [-0.2, 0) is 10.0 Å². The number of rotatable bonds is 5. The lowest BCUT2D eigenvalue weighted by Gasteiger charge is -2.19. The third kappa shape index (κ3) is 2.80. The second-order valence-electron chi connectivity index (χ2n) is 5.94. The predicted octanol–water partition coefficient (Wildman–Crippen LogP) is 2.70. The zero-order valence-electron chi connectivity index (χ0n) is 11.4. The molecule has 110 valence electrons. The van der Waals surface area contributed by atoms with Crippen LogP contribution in [0.4, 0.5) is 5.69 Å². The SMILES string of the molecule is Cc1c(N)cc(Cl)cc1S(=O)(=O)NC(C1CC1)C1CC1. The summed E-state index contributed by atoms with van der Waals surface area (Å²) in [4.78, 5) is 0.203. The molecule has 2 saturated carbocycles. The Morgan fingerprint density at radius 1 is 1.25 bits per heavy atom. The van der Waals surface area contributed by atoms with Crippen molar-refractivity contribution in [3.05, 3.63) is 22.7 Å². The molecule has 0 aliphatic heterocycles. The first-order valence-corrected chi connectivity index (χ1v) is 8.82. The molecular formula is C14H19ClN2O2S. The van der Waals surface area contributed by atoms with Crippen molar-refractivity contribution >= 4 is 27.3 Å². The molecule has 0 atom stereocenters. The van der Waals surface area contributed by atoms with Crippen LogP contribution in [0.15, 0.2) is 17.0 Å². The Labute approximate surface area is 124 Å². The van der Waals surface area contributed by atoms with Crippen molar-refractivity contribution in [2.45, 2.75) is 43.5 Å². The Balaban J connectivity index is 1.91. The van der Waals surface area contributed by atoms with E-state index in [1.165, 1.54) is 6.07 Å². The number of hydrogen-bond acceptors (Lipinski definition) is 3. The van der Waals surface area contributed by atoms with Gasteiger partial charge in [0.15, 0.2) is 0 Å². The Kier molecular flexibility index (Phi) is 3.47. The van der Waals surface area contributed by atoms with Crippen LogP contribution >= 0.6 is 11.6 Å². The fourth-order valence-corrected chi connectivity index (χ4v) is 4.65. The van der Waals surface area contributed by atoms with Gasteiger partial charge in [-0.25, -0.2) is 13.1 Å². The summed E-state index contributed by atoms with van der Waals surface area (Å²) in [5, 5.41) is 0.350. The second-order valence-corrected chi connectivity index (χ2v) is 8.06. The Morgan fingerprint density at radius 3 is 2.30 bits per heavy atom. The predicted molar refractivity (Wildman–Crippen MR) is 80.2 cm³/mol. The molecule has 0 bridgehead atoms. The highest BCUT2D eigenvalue weighted by Crippen LogP contribution is 2.45. The number of sulfonamides is 1. The van der Waals surface area contributed by atoms with Crippen LogP contribution in [0.3, 0.4) is 0 Å². The van der Waals surface area contributed by atoms with Crippen molar-refractivity contribution in [1.29, 1.82) is 0 Å². The van der Waals surface area contributed by atoms with E-state index in [9.17, 15) is 8.42 Å². The van der Waals surface area contributed by atoms with Crippen molar-refractivity contribution in [1.82, 2.24) is 4.72 Å². The molecule has 2 aliphatic rings. The quantitative estimate of drug-likeness (QED) is 0.821. The molecule has 0 saturated heterocycles. The van der Waals surface area contributed by atoms with E-state index in [0.29, 0.717) is 28.1 Å².